The normalized spacial score (nSPS) is 17.2. The van der Waals surface area contributed by atoms with Gasteiger partial charge in [0.1, 0.15) is 0 Å². The fourth-order valence-electron chi connectivity index (χ4n) is 3.62. The molecular weight excluding hydrogens is 372 g/mol. The largest absolute Gasteiger partial charge is 0.338 e. The minimum Gasteiger partial charge on any atom is -0.338 e. The van der Waals surface area contributed by atoms with Gasteiger partial charge < -0.3 is 9.84 Å². The van der Waals surface area contributed by atoms with Crippen LogP contribution in [0.15, 0.2) is 59.1 Å². The first-order valence-corrected chi connectivity index (χ1v) is 9.71. The Labute approximate surface area is 172 Å². The number of aryl methyl sites for hydroxylation is 1. The van der Waals surface area contributed by atoms with Crippen molar-refractivity contribution in [3.05, 3.63) is 83.0 Å². The zero-order chi connectivity index (χ0) is 18.5. The van der Waals surface area contributed by atoms with Crippen LogP contribution in [-0.2, 0) is 19.4 Å². The van der Waals surface area contributed by atoms with Crippen LogP contribution in [-0.4, -0.2) is 34.7 Å². The fourth-order valence-corrected chi connectivity index (χ4v) is 3.62. The number of benzene rings is 2. The molecule has 1 aromatic heterocycles. The standard InChI is InChI=1S/C22H26N4O.ClH/c1-2-17-8-10-19(11-9-17)20-15-23-12-13-26(20)16-22-24-21(25-27-22)14-18-6-4-3-5-7-18;/h3-11,20,23H,2,12-16H2,1H3;1H. The molecule has 1 aliphatic rings. The molecule has 2 aromatic carbocycles. The fraction of sp³-hybridized carbons (Fsp3) is 0.364. The number of nitrogens with zero attached hydrogens (tertiary/aromatic N) is 3. The summed E-state index contributed by atoms with van der Waals surface area (Å²) in [5.74, 6) is 1.44. The first kappa shape index (κ1) is 20.5. The molecule has 2 heterocycles. The van der Waals surface area contributed by atoms with Gasteiger partial charge in [0.25, 0.3) is 0 Å². The van der Waals surface area contributed by atoms with E-state index in [1.807, 2.05) is 18.2 Å². The van der Waals surface area contributed by atoms with Gasteiger partial charge >= 0.3 is 0 Å². The average molecular weight is 399 g/mol. The lowest BCUT2D eigenvalue weighted by molar-refractivity contribution is 0.135. The summed E-state index contributed by atoms with van der Waals surface area (Å²) in [6, 6.07) is 19.5. The van der Waals surface area contributed by atoms with E-state index >= 15 is 0 Å². The van der Waals surface area contributed by atoms with Crippen LogP contribution in [0.2, 0.25) is 0 Å². The molecule has 4 rings (SSSR count). The van der Waals surface area contributed by atoms with Crippen molar-refractivity contribution in [2.24, 2.45) is 0 Å². The summed E-state index contributed by atoms with van der Waals surface area (Å²) < 4.78 is 5.54. The Balaban J connectivity index is 0.00000225. The Hall–Kier alpha value is -2.21. The van der Waals surface area contributed by atoms with Gasteiger partial charge in [-0.2, -0.15) is 4.98 Å². The van der Waals surface area contributed by atoms with E-state index in [4.69, 9.17) is 4.52 Å². The van der Waals surface area contributed by atoms with Gasteiger partial charge in [-0.25, -0.2) is 0 Å². The van der Waals surface area contributed by atoms with Crippen molar-refractivity contribution in [3.63, 3.8) is 0 Å². The smallest absolute Gasteiger partial charge is 0.240 e. The van der Waals surface area contributed by atoms with Crippen molar-refractivity contribution < 1.29 is 4.52 Å². The van der Waals surface area contributed by atoms with E-state index in [9.17, 15) is 0 Å². The van der Waals surface area contributed by atoms with E-state index in [0.29, 0.717) is 24.9 Å². The molecule has 1 N–H and O–H groups in total. The lowest BCUT2D eigenvalue weighted by atomic mass is 10.0. The molecule has 5 nitrogen and oxygen atoms in total. The summed E-state index contributed by atoms with van der Waals surface area (Å²) in [5.41, 5.74) is 3.90. The van der Waals surface area contributed by atoms with Gasteiger partial charge in [0.2, 0.25) is 5.89 Å². The summed E-state index contributed by atoms with van der Waals surface area (Å²) in [4.78, 5) is 7.04. The van der Waals surface area contributed by atoms with Gasteiger partial charge in [-0.05, 0) is 23.1 Å². The highest BCUT2D eigenvalue weighted by Gasteiger charge is 2.25. The van der Waals surface area contributed by atoms with Crippen LogP contribution >= 0.6 is 12.4 Å². The molecule has 148 valence electrons. The zero-order valence-electron chi connectivity index (χ0n) is 16.2. The highest BCUT2D eigenvalue weighted by atomic mass is 35.5. The van der Waals surface area contributed by atoms with E-state index in [-0.39, 0.29) is 12.4 Å². The lowest BCUT2D eigenvalue weighted by Gasteiger charge is -2.35. The van der Waals surface area contributed by atoms with Gasteiger partial charge in [0, 0.05) is 32.1 Å². The number of aromatic nitrogens is 2. The predicted octanol–water partition coefficient (Wildman–Crippen LogP) is 3.79. The van der Waals surface area contributed by atoms with Crippen LogP contribution in [0.3, 0.4) is 0 Å². The molecule has 0 bridgehead atoms. The van der Waals surface area contributed by atoms with Crippen molar-refractivity contribution in [3.8, 4) is 0 Å². The van der Waals surface area contributed by atoms with Gasteiger partial charge in [0.05, 0.1) is 6.54 Å². The molecule has 28 heavy (non-hydrogen) atoms. The maximum absolute atomic E-state index is 5.54. The molecular formula is C22H27ClN4O. The van der Waals surface area contributed by atoms with Gasteiger partial charge in [-0.3, -0.25) is 4.90 Å². The second-order valence-corrected chi connectivity index (χ2v) is 7.05. The number of hydrogen-bond acceptors (Lipinski definition) is 5. The van der Waals surface area contributed by atoms with Gasteiger partial charge in [-0.15, -0.1) is 12.4 Å². The first-order chi connectivity index (χ1) is 13.3. The molecule has 3 aromatic rings. The Morgan fingerprint density at radius 3 is 2.61 bits per heavy atom. The van der Waals surface area contributed by atoms with E-state index in [0.717, 1.165) is 31.9 Å². The summed E-state index contributed by atoms with van der Waals surface area (Å²) in [7, 11) is 0. The van der Waals surface area contributed by atoms with E-state index in [1.165, 1.54) is 16.7 Å². The second kappa shape index (κ2) is 9.82. The second-order valence-electron chi connectivity index (χ2n) is 7.05. The van der Waals surface area contributed by atoms with Crippen molar-refractivity contribution in [2.45, 2.75) is 32.4 Å². The Bertz CT molecular complexity index is 850. The lowest BCUT2D eigenvalue weighted by Crippen LogP contribution is -2.45. The Morgan fingerprint density at radius 1 is 1.07 bits per heavy atom. The number of halogens is 1. The SMILES string of the molecule is CCc1ccc(C2CNCCN2Cc2nc(Cc3ccccc3)no2)cc1.Cl. The van der Waals surface area contributed by atoms with Crippen LogP contribution in [0.5, 0.6) is 0 Å². The summed E-state index contributed by atoms with van der Waals surface area (Å²) in [6.45, 7) is 5.76. The summed E-state index contributed by atoms with van der Waals surface area (Å²) >= 11 is 0. The number of piperazine rings is 1. The van der Waals surface area contributed by atoms with Crippen LogP contribution in [0.1, 0.15) is 41.4 Å². The molecule has 1 atom stereocenters. The molecule has 0 amide bonds. The minimum atomic E-state index is 0. The van der Waals surface area contributed by atoms with E-state index in [2.05, 4.69) is 63.7 Å². The third kappa shape index (κ3) is 4.98. The molecule has 1 saturated heterocycles. The van der Waals surface area contributed by atoms with Gasteiger partial charge in [-0.1, -0.05) is 66.7 Å². The van der Waals surface area contributed by atoms with Crippen LogP contribution < -0.4 is 5.32 Å². The first-order valence-electron chi connectivity index (χ1n) is 9.71. The van der Waals surface area contributed by atoms with Crippen molar-refractivity contribution in [2.75, 3.05) is 19.6 Å². The average Bonchev–Trinajstić information content (AvgIpc) is 3.16. The maximum Gasteiger partial charge on any atom is 0.240 e. The highest BCUT2D eigenvalue weighted by molar-refractivity contribution is 5.85. The summed E-state index contributed by atoms with van der Waals surface area (Å²) in [5, 5.41) is 7.68. The van der Waals surface area contributed by atoms with E-state index < -0.39 is 0 Å². The highest BCUT2D eigenvalue weighted by Crippen LogP contribution is 2.24. The molecule has 0 aliphatic carbocycles. The maximum atomic E-state index is 5.54. The van der Waals surface area contributed by atoms with E-state index in [1.54, 1.807) is 0 Å². The third-order valence-electron chi connectivity index (χ3n) is 5.18. The van der Waals surface area contributed by atoms with Crippen LogP contribution in [0.25, 0.3) is 0 Å². The van der Waals surface area contributed by atoms with Gasteiger partial charge in [0.15, 0.2) is 5.82 Å². The molecule has 0 spiro atoms. The van der Waals surface area contributed by atoms with Crippen LogP contribution in [0, 0.1) is 0 Å². The molecule has 0 radical (unpaired) electrons. The molecule has 6 heteroatoms. The number of hydrogen-bond donors (Lipinski definition) is 1. The summed E-state index contributed by atoms with van der Waals surface area (Å²) in [6.07, 6.45) is 1.77. The van der Waals surface area contributed by atoms with Crippen LogP contribution in [0.4, 0.5) is 0 Å². The molecule has 1 unspecified atom stereocenters. The quantitative estimate of drug-likeness (QED) is 0.684. The predicted molar refractivity (Wildman–Crippen MR) is 113 cm³/mol. The molecule has 1 fully saturated rings. The Morgan fingerprint density at radius 2 is 1.86 bits per heavy atom. The van der Waals surface area contributed by atoms with Crippen molar-refractivity contribution in [1.29, 1.82) is 0 Å². The Kier molecular flexibility index (Phi) is 7.20. The minimum absolute atomic E-state index is 0. The zero-order valence-corrected chi connectivity index (χ0v) is 17.0. The van der Waals surface area contributed by atoms with Crippen molar-refractivity contribution >= 4 is 12.4 Å². The molecule has 1 aliphatic heterocycles. The number of nitrogens with one attached hydrogen (secondary N) is 1. The van der Waals surface area contributed by atoms with Crippen molar-refractivity contribution in [1.82, 2.24) is 20.4 Å². The topological polar surface area (TPSA) is 54.2 Å². The number of rotatable bonds is 6. The monoisotopic (exact) mass is 398 g/mol. The third-order valence-corrected chi connectivity index (χ3v) is 5.18. The molecule has 0 saturated carbocycles.